The van der Waals surface area contributed by atoms with Crippen LogP contribution in [0.5, 0.6) is 11.5 Å². The lowest BCUT2D eigenvalue weighted by molar-refractivity contribution is 0.0777. The largest absolute Gasteiger partial charge is 0.487 e. The summed E-state index contributed by atoms with van der Waals surface area (Å²) in [6.07, 6.45) is 20.7. The molecule has 4 saturated heterocycles. The minimum absolute atomic E-state index is 0.0160. The molecule has 358 valence electrons. The van der Waals surface area contributed by atoms with Crippen LogP contribution in [-0.2, 0) is 20.2 Å². The van der Waals surface area contributed by atoms with Gasteiger partial charge >= 0.3 is 0 Å². The molecule has 0 unspecified atom stereocenters. The van der Waals surface area contributed by atoms with E-state index in [1.165, 1.54) is 38.1 Å². The van der Waals surface area contributed by atoms with Gasteiger partial charge in [0.2, 0.25) is 0 Å². The highest BCUT2D eigenvalue weighted by molar-refractivity contribution is 6.05. The van der Waals surface area contributed by atoms with Gasteiger partial charge in [-0.2, -0.15) is 10.2 Å². The summed E-state index contributed by atoms with van der Waals surface area (Å²) >= 11 is 0. The molecule has 18 nitrogen and oxygen atoms in total. The van der Waals surface area contributed by atoms with E-state index in [0.717, 1.165) is 91.4 Å². The van der Waals surface area contributed by atoms with Crippen molar-refractivity contribution in [3.05, 3.63) is 108 Å². The molecule has 2 N–H and O–H groups in total. The molecule has 11 rings (SSSR count). The molecule has 0 saturated carbocycles. The number of anilines is 4. The van der Waals surface area contributed by atoms with E-state index in [-0.39, 0.29) is 30.5 Å². The van der Waals surface area contributed by atoms with Gasteiger partial charge in [-0.15, -0.1) is 6.42 Å². The predicted octanol–water partition coefficient (Wildman–Crippen LogP) is 5.71. The van der Waals surface area contributed by atoms with Crippen molar-refractivity contribution in [3.8, 4) is 23.8 Å². The number of nitrogens with zero attached hydrogens (tertiary/aromatic N) is 12. The summed E-state index contributed by atoms with van der Waals surface area (Å²) in [4.78, 5) is 54.5. The fourth-order valence-electron chi connectivity index (χ4n) is 10.9. The van der Waals surface area contributed by atoms with Crippen LogP contribution >= 0.6 is 0 Å². The Hall–Kier alpha value is -7.62. The number of piperidine rings is 2. The van der Waals surface area contributed by atoms with E-state index in [0.29, 0.717) is 45.8 Å². The van der Waals surface area contributed by atoms with Gasteiger partial charge in [0.15, 0.2) is 0 Å². The summed E-state index contributed by atoms with van der Waals surface area (Å²) in [5.74, 6) is 4.15. The molecule has 4 aliphatic rings. The maximum Gasteiger partial charge on any atom is 0.275 e. The molecular weight excluding hydrogens is 885 g/mol. The van der Waals surface area contributed by atoms with Gasteiger partial charge in [0, 0.05) is 92.4 Å². The fraction of sp³-hybridized carbons (Fsp3) is 0.385. The number of likely N-dealkylation sites (tertiary alicyclic amines) is 2. The molecule has 4 aromatic heterocycles. The molecule has 0 radical (unpaired) electrons. The molecule has 4 fully saturated rings. The average molecular weight is 941 g/mol. The van der Waals surface area contributed by atoms with Crippen LogP contribution in [0.2, 0.25) is 0 Å². The van der Waals surface area contributed by atoms with Crippen molar-refractivity contribution in [2.24, 2.45) is 17.9 Å². The highest BCUT2D eigenvalue weighted by Crippen LogP contribution is 2.42. The number of carbonyl (C=O) groups excluding carboxylic acids is 2. The zero-order valence-corrected chi connectivity index (χ0v) is 39.8. The topological polar surface area (TPSA) is 177 Å². The first-order chi connectivity index (χ1) is 34.0. The first-order valence-electron chi connectivity index (χ1n) is 23.9. The Morgan fingerprint density at radius 3 is 1.71 bits per heavy atom. The fourth-order valence-corrected chi connectivity index (χ4v) is 10.9. The number of amides is 2. The molecule has 3 aromatic carbocycles. The van der Waals surface area contributed by atoms with Crippen molar-refractivity contribution < 1.29 is 19.1 Å². The van der Waals surface area contributed by atoms with Gasteiger partial charge < -0.3 is 39.7 Å². The number of terminal acetylenes is 1. The van der Waals surface area contributed by atoms with Crippen LogP contribution in [0.4, 0.5) is 23.0 Å². The van der Waals surface area contributed by atoms with E-state index >= 15 is 0 Å². The van der Waals surface area contributed by atoms with Crippen LogP contribution in [0.3, 0.4) is 0 Å². The van der Waals surface area contributed by atoms with Gasteiger partial charge in [0.25, 0.3) is 11.8 Å². The Morgan fingerprint density at radius 1 is 0.657 bits per heavy atom. The molecule has 0 atom stereocenters. The normalized spacial score (nSPS) is 17.6. The van der Waals surface area contributed by atoms with Crippen LogP contribution in [0.25, 0.3) is 21.8 Å². The smallest absolute Gasteiger partial charge is 0.275 e. The Labute approximate surface area is 406 Å². The maximum atomic E-state index is 13.6. The van der Waals surface area contributed by atoms with E-state index in [2.05, 4.69) is 75.3 Å². The predicted molar refractivity (Wildman–Crippen MR) is 267 cm³/mol. The number of aryl methyl sites for hydroxylation is 1. The number of aromatic nitrogens is 8. The van der Waals surface area contributed by atoms with Crippen molar-refractivity contribution in [2.75, 3.05) is 93.5 Å². The quantitative estimate of drug-likeness (QED) is 0.135. The standard InChI is InChI=1S/C52H56N14O4/c1-5-16-69-45-20-40-38(18-41(45)57-49(67)43-21-55-47(23-53-43)64-31-51(32-64)12-6-14-61(2)29-51)27-66(60-40)25-35-8-10-36(11-9-35)28-70-46-19-39-37(26-63(4)59-39)17-42(46)58-50(68)44-22-56-48(24-54-44)65-33-52(34-65)13-7-15-62(3)30-52/h1,8-11,17-24,26-27H,6-7,12-16,25,28-34H2,2-4H3,(H,57,67)(H,58,68). The number of nitrogens with one attached hydrogen (secondary N) is 2. The summed E-state index contributed by atoms with van der Waals surface area (Å²) in [6.45, 7) is 9.05. The third-order valence-corrected chi connectivity index (χ3v) is 14.1. The second-order valence-corrected chi connectivity index (χ2v) is 19.9. The van der Waals surface area contributed by atoms with E-state index < -0.39 is 5.91 Å². The van der Waals surface area contributed by atoms with Crippen molar-refractivity contribution in [3.63, 3.8) is 0 Å². The van der Waals surface area contributed by atoms with Crippen LogP contribution < -0.4 is 29.9 Å². The number of hydrogen-bond acceptors (Lipinski definition) is 14. The third-order valence-electron chi connectivity index (χ3n) is 14.1. The van der Waals surface area contributed by atoms with Gasteiger partial charge in [0.1, 0.15) is 47.7 Å². The number of rotatable bonds is 13. The average Bonchev–Trinajstić information content (AvgIpc) is 3.91. The van der Waals surface area contributed by atoms with Crippen molar-refractivity contribution in [1.82, 2.24) is 49.3 Å². The number of ether oxygens (including phenoxy) is 2. The van der Waals surface area contributed by atoms with Crippen molar-refractivity contribution in [2.45, 2.75) is 38.8 Å². The zero-order valence-electron chi connectivity index (χ0n) is 39.8. The summed E-state index contributed by atoms with van der Waals surface area (Å²) in [5.41, 5.74) is 5.36. The number of carbonyl (C=O) groups is 2. The number of fused-ring (bicyclic) bond motifs is 2. The lowest BCUT2D eigenvalue weighted by Gasteiger charge is -2.54. The van der Waals surface area contributed by atoms with Crippen LogP contribution in [0.15, 0.2) is 85.7 Å². The lowest BCUT2D eigenvalue weighted by atomic mass is 9.73. The molecule has 18 heteroatoms. The van der Waals surface area contributed by atoms with Gasteiger partial charge in [0.05, 0.1) is 53.7 Å². The Kier molecular flexibility index (Phi) is 11.8. The highest BCUT2D eigenvalue weighted by Gasteiger charge is 2.46. The Morgan fingerprint density at radius 2 is 1.19 bits per heavy atom. The minimum Gasteiger partial charge on any atom is -0.487 e. The molecule has 4 aliphatic heterocycles. The van der Waals surface area contributed by atoms with Gasteiger partial charge in [-0.3, -0.25) is 19.0 Å². The second-order valence-electron chi connectivity index (χ2n) is 19.9. The van der Waals surface area contributed by atoms with E-state index in [4.69, 9.17) is 21.0 Å². The molecule has 7 aromatic rings. The molecule has 0 aliphatic carbocycles. The molecule has 2 spiro atoms. The van der Waals surface area contributed by atoms with Crippen molar-refractivity contribution in [1.29, 1.82) is 0 Å². The Bertz CT molecular complexity index is 3110. The molecule has 0 bridgehead atoms. The first-order valence-corrected chi connectivity index (χ1v) is 23.9. The summed E-state index contributed by atoms with van der Waals surface area (Å²) < 4.78 is 15.8. The SMILES string of the molecule is C#CCOc1cc2nn(Cc3ccc(COc4cc5nn(C)cc5cc4NC(=O)c4cnc(N5CC6(CCCN(C)C6)C5)cn4)cc3)cc2cc1NC(=O)c1cnc(N2CC3(CCCN(C)C3)C2)cn1. The number of hydrogen-bond donors (Lipinski definition) is 2. The zero-order chi connectivity index (χ0) is 48.0. The summed E-state index contributed by atoms with van der Waals surface area (Å²) in [5, 5.41) is 17.0. The van der Waals surface area contributed by atoms with Crippen LogP contribution in [0.1, 0.15) is 57.8 Å². The second kappa shape index (κ2) is 18.4. The van der Waals surface area contributed by atoms with Crippen LogP contribution in [0, 0.1) is 23.2 Å². The summed E-state index contributed by atoms with van der Waals surface area (Å²) in [7, 11) is 6.23. The van der Waals surface area contributed by atoms with Crippen molar-refractivity contribution >= 4 is 56.6 Å². The molecule has 70 heavy (non-hydrogen) atoms. The lowest BCUT2D eigenvalue weighted by Crippen LogP contribution is -2.62. The first kappa shape index (κ1) is 44.9. The van der Waals surface area contributed by atoms with E-state index in [1.807, 2.05) is 66.6 Å². The number of benzene rings is 3. The minimum atomic E-state index is -0.411. The van der Waals surface area contributed by atoms with Crippen LogP contribution in [-0.4, -0.2) is 134 Å². The maximum absolute atomic E-state index is 13.6. The van der Waals surface area contributed by atoms with Gasteiger partial charge in [-0.1, -0.05) is 30.2 Å². The van der Waals surface area contributed by atoms with Gasteiger partial charge in [-0.05, 0) is 76.1 Å². The molecule has 2 amide bonds. The van der Waals surface area contributed by atoms with Gasteiger partial charge in [-0.25, -0.2) is 19.9 Å². The molecular formula is C52H56N14O4. The Balaban J connectivity index is 0.723. The monoisotopic (exact) mass is 940 g/mol. The van der Waals surface area contributed by atoms with E-state index in [9.17, 15) is 9.59 Å². The third kappa shape index (κ3) is 9.29. The van der Waals surface area contributed by atoms with E-state index in [1.54, 1.807) is 23.1 Å². The highest BCUT2D eigenvalue weighted by atomic mass is 16.5. The molecule has 8 heterocycles. The summed E-state index contributed by atoms with van der Waals surface area (Å²) in [6, 6.07) is 15.4.